The van der Waals surface area contributed by atoms with Gasteiger partial charge in [-0.1, -0.05) is 0 Å². The molecule has 1 unspecified atom stereocenters. The van der Waals surface area contributed by atoms with Crippen LogP contribution in [0.5, 0.6) is 11.5 Å². The number of nitrogens with one attached hydrogen (secondary N) is 2. The number of anilines is 3. The zero-order valence-electron chi connectivity index (χ0n) is 19.1. The van der Waals surface area contributed by atoms with E-state index >= 15 is 0 Å². The predicted molar refractivity (Wildman–Crippen MR) is 131 cm³/mol. The van der Waals surface area contributed by atoms with Gasteiger partial charge in [-0.15, -0.1) is 0 Å². The second-order valence-corrected chi connectivity index (χ2v) is 8.22. The smallest absolute Gasteiger partial charge is 0.323 e. The number of benzene rings is 3. The number of likely N-dealkylation sites (N-methyl/N-ethyl adjacent to an activating group) is 1. The van der Waals surface area contributed by atoms with E-state index in [4.69, 9.17) is 4.74 Å². The van der Waals surface area contributed by atoms with Gasteiger partial charge in [0, 0.05) is 44.1 Å². The molecule has 3 aromatic carbocycles. The Kier molecular flexibility index (Phi) is 6.96. The number of amides is 3. The van der Waals surface area contributed by atoms with E-state index < -0.39 is 0 Å². The standard InChI is InChI=1S/C26H27FN4O3/c1-18(32)30(2)23-15-16-31(17-23)22-9-5-20(6-10-22)28-26(33)29-21-7-13-25(14-8-21)34-24-11-3-19(27)4-12-24/h3-14,23H,15-17H2,1-2H3,(H2,28,29,33). The number of carbonyl (C=O) groups excluding carboxylic acids is 2. The van der Waals surface area contributed by atoms with Crippen molar-refractivity contribution in [2.45, 2.75) is 19.4 Å². The number of carbonyl (C=O) groups is 2. The molecule has 4 rings (SSSR count). The highest BCUT2D eigenvalue weighted by molar-refractivity contribution is 5.99. The zero-order valence-corrected chi connectivity index (χ0v) is 19.1. The molecular formula is C26H27FN4O3. The van der Waals surface area contributed by atoms with Crippen LogP contribution in [0.2, 0.25) is 0 Å². The second kappa shape index (κ2) is 10.2. The molecular weight excluding hydrogens is 435 g/mol. The first-order valence-corrected chi connectivity index (χ1v) is 11.1. The van der Waals surface area contributed by atoms with Gasteiger partial charge in [0.15, 0.2) is 0 Å². The van der Waals surface area contributed by atoms with E-state index in [1.807, 2.05) is 31.3 Å². The molecule has 1 fully saturated rings. The van der Waals surface area contributed by atoms with E-state index in [1.54, 1.807) is 48.2 Å². The van der Waals surface area contributed by atoms with Crippen LogP contribution in [0.15, 0.2) is 72.8 Å². The SMILES string of the molecule is CC(=O)N(C)C1CCN(c2ccc(NC(=O)Nc3ccc(Oc4ccc(F)cc4)cc3)cc2)C1. The van der Waals surface area contributed by atoms with Gasteiger partial charge in [0.05, 0.1) is 6.04 Å². The number of hydrogen-bond acceptors (Lipinski definition) is 4. The maximum absolute atomic E-state index is 13.0. The van der Waals surface area contributed by atoms with Crippen molar-refractivity contribution < 1.29 is 18.7 Å². The molecule has 1 aliphatic rings. The van der Waals surface area contributed by atoms with Crippen molar-refractivity contribution >= 4 is 29.0 Å². The molecule has 0 saturated carbocycles. The molecule has 0 spiro atoms. The molecule has 7 nitrogen and oxygen atoms in total. The third-order valence-electron chi connectivity index (χ3n) is 5.86. The van der Waals surface area contributed by atoms with Crippen LogP contribution in [0.3, 0.4) is 0 Å². The van der Waals surface area contributed by atoms with Crippen molar-refractivity contribution in [1.29, 1.82) is 0 Å². The molecule has 1 heterocycles. The fourth-order valence-electron chi connectivity index (χ4n) is 3.84. The highest BCUT2D eigenvalue weighted by Gasteiger charge is 2.27. The summed E-state index contributed by atoms with van der Waals surface area (Å²) in [6.45, 7) is 3.27. The van der Waals surface area contributed by atoms with Gasteiger partial charge in [-0.2, -0.15) is 0 Å². The van der Waals surface area contributed by atoms with Crippen LogP contribution in [0.4, 0.5) is 26.2 Å². The summed E-state index contributed by atoms with van der Waals surface area (Å²) < 4.78 is 18.7. The Balaban J connectivity index is 1.28. The van der Waals surface area contributed by atoms with E-state index in [-0.39, 0.29) is 23.8 Å². The summed E-state index contributed by atoms with van der Waals surface area (Å²) >= 11 is 0. The minimum absolute atomic E-state index is 0.0763. The Morgan fingerprint density at radius 1 is 0.912 bits per heavy atom. The van der Waals surface area contributed by atoms with Crippen LogP contribution in [0, 0.1) is 5.82 Å². The summed E-state index contributed by atoms with van der Waals surface area (Å²) in [4.78, 5) is 28.0. The summed E-state index contributed by atoms with van der Waals surface area (Å²) in [5.74, 6) is 0.854. The maximum atomic E-state index is 13.0. The first-order chi connectivity index (χ1) is 16.4. The van der Waals surface area contributed by atoms with Crippen LogP contribution in [0.1, 0.15) is 13.3 Å². The average molecular weight is 463 g/mol. The first-order valence-electron chi connectivity index (χ1n) is 11.1. The minimum atomic E-state index is -0.357. The van der Waals surface area contributed by atoms with Crippen LogP contribution < -0.4 is 20.3 Å². The molecule has 176 valence electrons. The van der Waals surface area contributed by atoms with Gasteiger partial charge in [0.2, 0.25) is 5.91 Å². The van der Waals surface area contributed by atoms with E-state index in [0.717, 1.165) is 25.2 Å². The largest absolute Gasteiger partial charge is 0.457 e. The third-order valence-corrected chi connectivity index (χ3v) is 5.86. The number of hydrogen-bond donors (Lipinski definition) is 2. The molecule has 0 aliphatic carbocycles. The summed E-state index contributed by atoms with van der Waals surface area (Å²) in [5, 5.41) is 5.61. The van der Waals surface area contributed by atoms with Gasteiger partial charge in [0.25, 0.3) is 0 Å². The van der Waals surface area contributed by atoms with Crippen molar-refractivity contribution in [3.8, 4) is 11.5 Å². The van der Waals surface area contributed by atoms with Crippen LogP contribution in [-0.4, -0.2) is 43.0 Å². The van der Waals surface area contributed by atoms with Crippen molar-refractivity contribution in [1.82, 2.24) is 4.90 Å². The third kappa shape index (κ3) is 5.83. The van der Waals surface area contributed by atoms with Crippen molar-refractivity contribution in [3.63, 3.8) is 0 Å². The molecule has 3 aromatic rings. The first kappa shape index (κ1) is 23.1. The molecule has 2 N–H and O–H groups in total. The monoisotopic (exact) mass is 462 g/mol. The quantitative estimate of drug-likeness (QED) is 0.520. The van der Waals surface area contributed by atoms with Crippen molar-refractivity contribution in [2.75, 3.05) is 35.7 Å². The van der Waals surface area contributed by atoms with E-state index in [0.29, 0.717) is 22.9 Å². The van der Waals surface area contributed by atoms with Crippen LogP contribution in [-0.2, 0) is 4.79 Å². The Morgan fingerprint density at radius 3 is 2.00 bits per heavy atom. The Morgan fingerprint density at radius 2 is 1.44 bits per heavy atom. The normalized spacial score (nSPS) is 15.0. The topological polar surface area (TPSA) is 73.9 Å². The summed E-state index contributed by atoms with van der Waals surface area (Å²) in [7, 11) is 1.84. The lowest BCUT2D eigenvalue weighted by molar-refractivity contribution is -0.129. The maximum Gasteiger partial charge on any atom is 0.323 e. The number of urea groups is 1. The Labute approximate surface area is 198 Å². The van der Waals surface area contributed by atoms with Gasteiger partial charge >= 0.3 is 6.03 Å². The molecule has 1 atom stereocenters. The van der Waals surface area contributed by atoms with Crippen molar-refractivity contribution in [3.05, 3.63) is 78.6 Å². The van der Waals surface area contributed by atoms with E-state index in [9.17, 15) is 14.0 Å². The highest BCUT2D eigenvalue weighted by Crippen LogP contribution is 2.25. The molecule has 34 heavy (non-hydrogen) atoms. The van der Waals surface area contributed by atoms with Gasteiger partial charge in [-0.3, -0.25) is 4.79 Å². The molecule has 0 radical (unpaired) electrons. The summed E-state index contributed by atoms with van der Waals surface area (Å²) in [5.41, 5.74) is 2.34. The fraction of sp³-hybridized carbons (Fsp3) is 0.231. The number of nitrogens with zero attached hydrogens (tertiary/aromatic N) is 2. The lowest BCUT2D eigenvalue weighted by Crippen LogP contribution is -2.37. The molecule has 3 amide bonds. The molecule has 1 saturated heterocycles. The average Bonchev–Trinajstić information content (AvgIpc) is 3.32. The zero-order chi connectivity index (χ0) is 24.1. The molecule has 0 aromatic heterocycles. The van der Waals surface area contributed by atoms with Crippen LogP contribution in [0.25, 0.3) is 0 Å². The lowest BCUT2D eigenvalue weighted by Gasteiger charge is -2.24. The van der Waals surface area contributed by atoms with Crippen molar-refractivity contribution in [2.24, 2.45) is 0 Å². The Bertz CT molecular complexity index is 1130. The Hall–Kier alpha value is -4.07. The van der Waals surface area contributed by atoms with Gasteiger partial charge in [0.1, 0.15) is 17.3 Å². The molecule has 0 bridgehead atoms. The van der Waals surface area contributed by atoms with E-state index in [1.165, 1.54) is 12.1 Å². The highest BCUT2D eigenvalue weighted by atomic mass is 19.1. The predicted octanol–water partition coefficient (Wildman–Crippen LogP) is 5.32. The van der Waals surface area contributed by atoms with E-state index in [2.05, 4.69) is 15.5 Å². The van der Waals surface area contributed by atoms with Gasteiger partial charge in [-0.25, -0.2) is 9.18 Å². The lowest BCUT2D eigenvalue weighted by atomic mass is 10.2. The summed E-state index contributed by atoms with van der Waals surface area (Å²) in [6.07, 6.45) is 0.937. The number of rotatable bonds is 6. The molecule has 8 heteroatoms. The summed E-state index contributed by atoms with van der Waals surface area (Å²) in [6, 6.07) is 20.2. The van der Waals surface area contributed by atoms with Gasteiger partial charge < -0.3 is 25.2 Å². The molecule has 1 aliphatic heterocycles. The number of halogens is 1. The second-order valence-electron chi connectivity index (χ2n) is 8.22. The number of ether oxygens (including phenoxy) is 1. The minimum Gasteiger partial charge on any atom is -0.457 e. The van der Waals surface area contributed by atoms with Gasteiger partial charge in [-0.05, 0) is 79.2 Å². The fourth-order valence-corrected chi connectivity index (χ4v) is 3.84. The van der Waals surface area contributed by atoms with Crippen LogP contribution >= 0.6 is 0 Å².